The molecule has 0 saturated carbocycles. The number of hydrogen-bond donors (Lipinski definition) is 3. The molecule has 1 unspecified atom stereocenters. The molecule has 0 radical (unpaired) electrons. The zero-order valence-electron chi connectivity index (χ0n) is 11.8. The molecule has 0 heterocycles. The number of rotatable bonds is 5. The van der Waals surface area contributed by atoms with Gasteiger partial charge in [-0.05, 0) is 24.6 Å². The number of aliphatic carboxylic acids is 1. The quantitative estimate of drug-likeness (QED) is 0.767. The predicted octanol–water partition coefficient (Wildman–Crippen LogP) is 1.82. The van der Waals surface area contributed by atoms with Crippen molar-refractivity contribution in [3.63, 3.8) is 0 Å². The number of carboxylic acid groups (broad SMARTS) is 1. The Morgan fingerprint density at radius 1 is 1.35 bits per heavy atom. The van der Waals surface area contributed by atoms with Gasteiger partial charge in [-0.2, -0.15) is 0 Å². The van der Waals surface area contributed by atoms with Gasteiger partial charge >= 0.3 is 12.0 Å². The maximum Gasteiger partial charge on any atom is 0.317 e. The molecule has 0 saturated heterocycles. The maximum atomic E-state index is 11.9. The smallest absolute Gasteiger partial charge is 0.317 e. The monoisotopic (exact) mass is 280 g/mol. The first-order chi connectivity index (χ1) is 9.31. The lowest BCUT2D eigenvalue weighted by Gasteiger charge is -2.23. The Kier molecular flexibility index (Phi) is 5.37. The Morgan fingerprint density at radius 3 is 2.55 bits per heavy atom. The molecule has 1 rings (SSSR count). The molecular formula is C14H20N2O4. The number of benzene rings is 1. The topological polar surface area (TPSA) is 89.9 Å². The minimum atomic E-state index is -0.939. The number of phenols is 1. The number of aromatic hydroxyl groups is 1. The molecular weight excluding hydrogens is 260 g/mol. The number of carbonyl (C=O) groups is 2. The van der Waals surface area contributed by atoms with E-state index in [1.807, 2.05) is 0 Å². The van der Waals surface area contributed by atoms with Crippen molar-refractivity contribution in [2.75, 3.05) is 13.6 Å². The van der Waals surface area contributed by atoms with Crippen molar-refractivity contribution >= 4 is 12.0 Å². The molecule has 6 nitrogen and oxygen atoms in total. The molecule has 110 valence electrons. The van der Waals surface area contributed by atoms with Crippen LogP contribution in [0.3, 0.4) is 0 Å². The molecule has 0 spiro atoms. The fourth-order valence-electron chi connectivity index (χ4n) is 1.74. The van der Waals surface area contributed by atoms with Crippen molar-refractivity contribution in [2.45, 2.75) is 19.9 Å². The summed E-state index contributed by atoms with van der Waals surface area (Å²) in [5.74, 6) is -1.43. The van der Waals surface area contributed by atoms with E-state index in [-0.39, 0.29) is 24.4 Å². The standard InChI is InChI=1S/C14H20N2O4/c1-9(13(18)19)8-16(3)14(20)15-10(2)11-5-4-6-12(17)7-11/h4-7,9-10,17H,8H2,1-3H3,(H,15,20)(H,18,19)/t9?,10-/m0/s1. The van der Waals surface area contributed by atoms with Crippen LogP contribution in [-0.2, 0) is 4.79 Å². The molecule has 0 aromatic heterocycles. The van der Waals surface area contributed by atoms with E-state index in [0.29, 0.717) is 0 Å². The van der Waals surface area contributed by atoms with Gasteiger partial charge in [-0.15, -0.1) is 0 Å². The van der Waals surface area contributed by atoms with Gasteiger partial charge in [0.1, 0.15) is 5.75 Å². The van der Waals surface area contributed by atoms with E-state index in [0.717, 1.165) is 5.56 Å². The first kappa shape index (κ1) is 15.8. The Balaban J connectivity index is 2.59. The van der Waals surface area contributed by atoms with Gasteiger partial charge in [-0.1, -0.05) is 19.1 Å². The Bertz CT molecular complexity index is 490. The van der Waals surface area contributed by atoms with Crippen LogP contribution in [0.25, 0.3) is 0 Å². The van der Waals surface area contributed by atoms with E-state index >= 15 is 0 Å². The summed E-state index contributed by atoms with van der Waals surface area (Å²) >= 11 is 0. The molecule has 1 aromatic rings. The summed E-state index contributed by atoms with van der Waals surface area (Å²) in [5, 5.41) is 21.0. The summed E-state index contributed by atoms with van der Waals surface area (Å²) in [6.45, 7) is 3.47. The van der Waals surface area contributed by atoms with Crippen LogP contribution in [0.15, 0.2) is 24.3 Å². The van der Waals surface area contributed by atoms with E-state index in [4.69, 9.17) is 5.11 Å². The molecule has 3 N–H and O–H groups in total. The van der Waals surface area contributed by atoms with Gasteiger partial charge in [-0.3, -0.25) is 4.79 Å². The number of carbonyl (C=O) groups excluding carboxylic acids is 1. The Hall–Kier alpha value is -2.24. The Morgan fingerprint density at radius 2 is 2.00 bits per heavy atom. The van der Waals surface area contributed by atoms with Gasteiger partial charge in [0, 0.05) is 13.6 Å². The highest BCUT2D eigenvalue weighted by Crippen LogP contribution is 2.17. The number of carboxylic acids is 1. The largest absolute Gasteiger partial charge is 0.508 e. The fraction of sp³-hybridized carbons (Fsp3) is 0.429. The van der Waals surface area contributed by atoms with E-state index < -0.39 is 11.9 Å². The van der Waals surface area contributed by atoms with Crippen LogP contribution >= 0.6 is 0 Å². The molecule has 2 atom stereocenters. The molecule has 0 fully saturated rings. The highest BCUT2D eigenvalue weighted by Gasteiger charge is 2.18. The van der Waals surface area contributed by atoms with Crippen molar-refractivity contribution < 1.29 is 19.8 Å². The second-order valence-electron chi connectivity index (χ2n) is 4.89. The molecule has 2 amide bonds. The van der Waals surface area contributed by atoms with E-state index in [9.17, 15) is 14.7 Å². The average molecular weight is 280 g/mol. The summed E-state index contributed by atoms with van der Waals surface area (Å²) in [4.78, 5) is 24.0. The predicted molar refractivity (Wildman–Crippen MR) is 74.5 cm³/mol. The number of hydrogen-bond acceptors (Lipinski definition) is 3. The number of urea groups is 1. The number of nitrogens with one attached hydrogen (secondary N) is 1. The lowest BCUT2D eigenvalue weighted by atomic mass is 10.1. The zero-order chi connectivity index (χ0) is 15.3. The third kappa shape index (κ3) is 4.46. The molecule has 0 aliphatic rings. The lowest BCUT2D eigenvalue weighted by Crippen LogP contribution is -2.41. The van der Waals surface area contributed by atoms with Crippen LogP contribution in [0.1, 0.15) is 25.5 Å². The highest BCUT2D eigenvalue weighted by atomic mass is 16.4. The molecule has 1 aromatic carbocycles. The molecule has 0 bridgehead atoms. The summed E-state index contributed by atoms with van der Waals surface area (Å²) in [7, 11) is 1.55. The zero-order valence-corrected chi connectivity index (χ0v) is 11.8. The van der Waals surface area contributed by atoms with Gasteiger partial charge < -0.3 is 20.4 Å². The van der Waals surface area contributed by atoms with Crippen LogP contribution in [0, 0.1) is 5.92 Å². The minimum Gasteiger partial charge on any atom is -0.508 e. The normalized spacial score (nSPS) is 13.3. The molecule has 6 heteroatoms. The lowest BCUT2D eigenvalue weighted by molar-refractivity contribution is -0.141. The van der Waals surface area contributed by atoms with Crippen molar-refractivity contribution in [1.82, 2.24) is 10.2 Å². The molecule has 0 aliphatic carbocycles. The van der Waals surface area contributed by atoms with Crippen LogP contribution in [0.2, 0.25) is 0 Å². The summed E-state index contributed by atoms with van der Waals surface area (Å²) in [6.07, 6.45) is 0. The summed E-state index contributed by atoms with van der Waals surface area (Å²) in [5.41, 5.74) is 0.776. The highest BCUT2D eigenvalue weighted by molar-refractivity contribution is 5.76. The fourth-order valence-corrected chi connectivity index (χ4v) is 1.74. The van der Waals surface area contributed by atoms with Gasteiger partial charge in [0.2, 0.25) is 0 Å². The van der Waals surface area contributed by atoms with Crippen molar-refractivity contribution in [1.29, 1.82) is 0 Å². The number of amides is 2. The maximum absolute atomic E-state index is 11.9. The summed E-state index contributed by atoms with van der Waals surface area (Å²) in [6, 6.07) is 5.99. The van der Waals surface area contributed by atoms with Crippen molar-refractivity contribution in [2.24, 2.45) is 5.92 Å². The first-order valence-corrected chi connectivity index (χ1v) is 6.34. The third-order valence-electron chi connectivity index (χ3n) is 3.03. The van der Waals surface area contributed by atoms with Crippen molar-refractivity contribution in [3.05, 3.63) is 29.8 Å². The number of phenolic OH excluding ortho intramolecular Hbond substituents is 1. The van der Waals surface area contributed by atoms with Gasteiger partial charge in [0.25, 0.3) is 0 Å². The molecule has 0 aliphatic heterocycles. The first-order valence-electron chi connectivity index (χ1n) is 6.34. The SMILES string of the molecule is CC(CN(C)C(=O)N[C@@H](C)c1cccc(O)c1)C(=O)O. The Labute approximate surface area is 118 Å². The van der Waals surface area contributed by atoms with E-state index in [1.165, 1.54) is 4.90 Å². The second-order valence-corrected chi connectivity index (χ2v) is 4.89. The van der Waals surface area contributed by atoms with E-state index in [2.05, 4.69) is 5.32 Å². The van der Waals surface area contributed by atoms with Crippen molar-refractivity contribution in [3.8, 4) is 5.75 Å². The third-order valence-corrected chi connectivity index (χ3v) is 3.03. The van der Waals surface area contributed by atoms with Crippen LogP contribution in [0.5, 0.6) is 5.75 Å². The van der Waals surface area contributed by atoms with Crippen LogP contribution in [-0.4, -0.2) is 40.7 Å². The van der Waals surface area contributed by atoms with Gasteiger partial charge in [0.05, 0.1) is 12.0 Å². The van der Waals surface area contributed by atoms with Gasteiger partial charge in [-0.25, -0.2) is 4.79 Å². The second kappa shape index (κ2) is 6.79. The average Bonchev–Trinajstić information content (AvgIpc) is 2.38. The van der Waals surface area contributed by atoms with Crippen LogP contribution < -0.4 is 5.32 Å². The van der Waals surface area contributed by atoms with E-state index in [1.54, 1.807) is 45.2 Å². The summed E-state index contributed by atoms with van der Waals surface area (Å²) < 4.78 is 0. The number of nitrogens with zero attached hydrogens (tertiary/aromatic N) is 1. The molecule has 20 heavy (non-hydrogen) atoms. The van der Waals surface area contributed by atoms with Crippen LogP contribution in [0.4, 0.5) is 4.79 Å². The minimum absolute atomic E-state index is 0.133. The van der Waals surface area contributed by atoms with Gasteiger partial charge in [0.15, 0.2) is 0 Å².